The standard InChI is InChI=1S/C23H28N2O2/c26-21(24-18-11-4-2-1-3-5-12-18)15-8-16-25-20-14-7-10-17-9-6-13-19(22(17)20)23(25)27/h6-7,9-10,13-14,18H,1-5,8,11-12,15-16H2,(H,24,26). The van der Waals surface area contributed by atoms with Gasteiger partial charge in [-0.15, -0.1) is 0 Å². The molecule has 1 aliphatic heterocycles. The molecule has 4 heteroatoms. The van der Waals surface area contributed by atoms with E-state index in [4.69, 9.17) is 0 Å². The van der Waals surface area contributed by atoms with E-state index in [1.807, 2.05) is 41.3 Å². The molecular formula is C23H28N2O2. The highest BCUT2D eigenvalue weighted by molar-refractivity contribution is 6.25. The largest absolute Gasteiger partial charge is 0.353 e. The second-order valence-corrected chi connectivity index (χ2v) is 7.85. The maximum atomic E-state index is 12.8. The molecule has 0 radical (unpaired) electrons. The minimum absolute atomic E-state index is 0.0576. The Morgan fingerprint density at radius 1 is 1.00 bits per heavy atom. The smallest absolute Gasteiger partial charge is 0.258 e. The van der Waals surface area contributed by atoms with Gasteiger partial charge in [0.2, 0.25) is 5.91 Å². The molecule has 27 heavy (non-hydrogen) atoms. The van der Waals surface area contributed by atoms with Gasteiger partial charge in [-0.3, -0.25) is 9.59 Å². The van der Waals surface area contributed by atoms with Crippen LogP contribution in [0.1, 0.15) is 68.1 Å². The van der Waals surface area contributed by atoms with Crippen molar-refractivity contribution in [2.45, 2.75) is 63.8 Å². The van der Waals surface area contributed by atoms with Crippen LogP contribution in [0.15, 0.2) is 36.4 Å². The third-order valence-corrected chi connectivity index (χ3v) is 5.90. The molecule has 2 aliphatic rings. The summed E-state index contributed by atoms with van der Waals surface area (Å²) < 4.78 is 0. The van der Waals surface area contributed by atoms with Crippen molar-refractivity contribution in [1.29, 1.82) is 0 Å². The van der Waals surface area contributed by atoms with E-state index < -0.39 is 0 Å². The van der Waals surface area contributed by atoms with Crippen LogP contribution in [0.2, 0.25) is 0 Å². The van der Waals surface area contributed by atoms with Crippen LogP contribution in [0.3, 0.4) is 0 Å². The highest BCUT2D eigenvalue weighted by Gasteiger charge is 2.29. The summed E-state index contributed by atoms with van der Waals surface area (Å²) in [7, 11) is 0. The van der Waals surface area contributed by atoms with Gasteiger partial charge >= 0.3 is 0 Å². The lowest BCUT2D eigenvalue weighted by Crippen LogP contribution is -2.36. The molecule has 0 bridgehead atoms. The molecule has 0 atom stereocenters. The maximum absolute atomic E-state index is 12.8. The van der Waals surface area contributed by atoms with Crippen LogP contribution in [0.25, 0.3) is 10.8 Å². The average molecular weight is 364 g/mol. The number of nitrogens with one attached hydrogen (secondary N) is 1. The Bertz CT molecular complexity index is 832. The Morgan fingerprint density at radius 3 is 2.48 bits per heavy atom. The Hall–Kier alpha value is -2.36. The van der Waals surface area contributed by atoms with Crippen molar-refractivity contribution < 1.29 is 9.59 Å². The molecule has 1 aliphatic carbocycles. The van der Waals surface area contributed by atoms with E-state index in [0.29, 0.717) is 25.4 Å². The molecule has 1 heterocycles. The van der Waals surface area contributed by atoms with Crippen molar-refractivity contribution in [2.24, 2.45) is 0 Å². The van der Waals surface area contributed by atoms with Crippen molar-refractivity contribution >= 4 is 28.3 Å². The van der Waals surface area contributed by atoms with Crippen LogP contribution in [-0.2, 0) is 4.79 Å². The summed E-state index contributed by atoms with van der Waals surface area (Å²) in [6.45, 7) is 0.588. The maximum Gasteiger partial charge on any atom is 0.258 e. The number of hydrogen-bond acceptors (Lipinski definition) is 2. The van der Waals surface area contributed by atoms with Gasteiger partial charge in [0.25, 0.3) is 5.91 Å². The second-order valence-electron chi connectivity index (χ2n) is 7.85. The topological polar surface area (TPSA) is 49.4 Å². The van der Waals surface area contributed by atoms with Crippen molar-refractivity contribution in [3.05, 3.63) is 42.0 Å². The Labute approximate surface area is 160 Å². The van der Waals surface area contributed by atoms with Crippen LogP contribution >= 0.6 is 0 Å². The minimum atomic E-state index is 0.0576. The fraction of sp³-hybridized carbons (Fsp3) is 0.478. The molecule has 0 saturated heterocycles. The van der Waals surface area contributed by atoms with Gasteiger partial charge in [0.1, 0.15) is 0 Å². The van der Waals surface area contributed by atoms with E-state index in [2.05, 4.69) is 5.32 Å². The lowest BCUT2D eigenvalue weighted by atomic mass is 9.96. The van der Waals surface area contributed by atoms with Gasteiger partial charge in [-0.25, -0.2) is 0 Å². The highest BCUT2D eigenvalue weighted by atomic mass is 16.2. The van der Waals surface area contributed by atoms with Crippen LogP contribution in [0.4, 0.5) is 5.69 Å². The predicted molar refractivity (Wildman–Crippen MR) is 109 cm³/mol. The lowest BCUT2D eigenvalue weighted by molar-refractivity contribution is -0.122. The van der Waals surface area contributed by atoms with Gasteiger partial charge < -0.3 is 10.2 Å². The Balaban J connectivity index is 1.32. The monoisotopic (exact) mass is 364 g/mol. The summed E-state index contributed by atoms with van der Waals surface area (Å²) >= 11 is 0. The van der Waals surface area contributed by atoms with Gasteiger partial charge in [0.05, 0.1) is 5.69 Å². The van der Waals surface area contributed by atoms with Crippen LogP contribution in [-0.4, -0.2) is 24.4 Å². The molecule has 142 valence electrons. The second kappa shape index (κ2) is 8.12. The average Bonchev–Trinajstić information content (AvgIpc) is 2.92. The van der Waals surface area contributed by atoms with Gasteiger partial charge in [-0.2, -0.15) is 0 Å². The first-order valence-corrected chi connectivity index (χ1v) is 10.4. The lowest BCUT2D eigenvalue weighted by Gasteiger charge is -2.21. The van der Waals surface area contributed by atoms with Gasteiger partial charge in [0, 0.05) is 30.0 Å². The van der Waals surface area contributed by atoms with Crippen LogP contribution < -0.4 is 10.2 Å². The number of amides is 2. The summed E-state index contributed by atoms with van der Waals surface area (Å²) in [6, 6.07) is 12.3. The molecular weight excluding hydrogens is 336 g/mol. The van der Waals surface area contributed by atoms with E-state index in [-0.39, 0.29) is 11.8 Å². The molecule has 0 spiro atoms. The SMILES string of the molecule is O=C(CCCN1C(=O)c2cccc3cccc1c23)NC1CCCCCCC1. The first-order chi connectivity index (χ1) is 13.2. The first-order valence-electron chi connectivity index (χ1n) is 10.4. The molecule has 2 amide bonds. The number of benzene rings is 2. The van der Waals surface area contributed by atoms with E-state index in [1.54, 1.807) is 0 Å². The van der Waals surface area contributed by atoms with Gasteiger partial charge in [-0.1, -0.05) is 56.4 Å². The molecule has 1 saturated carbocycles. The zero-order valence-electron chi connectivity index (χ0n) is 15.9. The molecule has 0 aromatic heterocycles. The molecule has 2 aromatic rings. The van der Waals surface area contributed by atoms with Crippen LogP contribution in [0, 0.1) is 0 Å². The number of hydrogen-bond donors (Lipinski definition) is 1. The summed E-state index contributed by atoms with van der Waals surface area (Å²) in [6.07, 6.45) is 9.72. The summed E-state index contributed by atoms with van der Waals surface area (Å²) in [5, 5.41) is 5.36. The summed E-state index contributed by atoms with van der Waals surface area (Å²) in [4.78, 5) is 27.0. The summed E-state index contributed by atoms with van der Waals surface area (Å²) in [5.74, 6) is 0.185. The molecule has 2 aromatic carbocycles. The fourth-order valence-corrected chi connectivity index (χ4v) is 4.50. The molecule has 1 N–H and O–H groups in total. The predicted octanol–water partition coefficient (Wildman–Crippen LogP) is 4.81. The highest BCUT2D eigenvalue weighted by Crippen LogP contribution is 2.37. The number of anilines is 1. The van der Waals surface area contributed by atoms with Gasteiger partial charge in [0.15, 0.2) is 0 Å². The van der Waals surface area contributed by atoms with E-state index >= 15 is 0 Å². The van der Waals surface area contributed by atoms with Crippen molar-refractivity contribution in [1.82, 2.24) is 5.32 Å². The fourth-order valence-electron chi connectivity index (χ4n) is 4.50. The van der Waals surface area contributed by atoms with Gasteiger partial charge in [-0.05, 0) is 36.8 Å². The van der Waals surface area contributed by atoms with E-state index in [1.165, 1.54) is 32.1 Å². The van der Waals surface area contributed by atoms with Crippen LogP contribution in [0.5, 0.6) is 0 Å². The third kappa shape index (κ3) is 3.85. The van der Waals surface area contributed by atoms with Crippen molar-refractivity contribution in [3.8, 4) is 0 Å². The normalized spacial score (nSPS) is 17.8. The minimum Gasteiger partial charge on any atom is -0.353 e. The first kappa shape index (κ1) is 18.0. The third-order valence-electron chi connectivity index (χ3n) is 5.90. The number of carbonyl (C=O) groups is 2. The zero-order valence-corrected chi connectivity index (χ0v) is 15.9. The number of rotatable bonds is 5. The quantitative estimate of drug-likeness (QED) is 0.828. The van der Waals surface area contributed by atoms with E-state index in [0.717, 1.165) is 34.9 Å². The Kier molecular flexibility index (Phi) is 5.42. The Morgan fingerprint density at radius 2 is 1.70 bits per heavy atom. The van der Waals surface area contributed by atoms with Crippen molar-refractivity contribution in [3.63, 3.8) is 0 Å². The molecule has 4 rings (SSSR count). The number of nitrogens with zero attached hydrogens (tertiary/aromatic N) is 1. The zero-order chi connectivity index (χ0) is 18.6. The molecule has 4 nitrogen and oxygen atoms in total. The molecule has 1 fully saturated rings. The van der Waals surface area contributed by atoms with Crippen molar-refractivity contribution in [2.75, 3.05) is 11.4 Å². The van der Waals surface area contributed by atoms with E-state index in [9.17, 15) is 9.59 Å². The molecule has 0 unspecified atom stereocenters. The number of carbonyl (C=O) groups excluding carboxylic acids is 2. The summed E-state index contributed by atoms with van der Waals surface area (Å²) in [5.41, 5.74) is 1.76.